The fourth-order valence-electron chi connectivity index (χ4n) is 0.969. The summed E-state index contributed by atoms with van der Waals surface area (Å²) in [4.78, 5) is 10.1. The molecule has 0 saturated carbocycles. The fraction of sp³-hybridized carbons (Fsp3) is 0.833. The Balaban J connectivity index is 2.64. The van der Waals surface area contributed by atoms with Crippen molar-refractivity contribution in [2.45, 2.75) is 23.1 Å². The van der Waals surface area contributed by atoms with Crippen molar-refractivity contribution in [2.24, 2.45) is 0 Å². The molecule has 6 heteroatoms. The van der Waals surface area contributed by atoms with E-state index in [1.807, 2.05) is 0 Å². The normalized spacial score (nSPS) is 38.0. The van der Waals surface area contributed by atoms with Gasteiger partial charge < -0.3 is 14.9 Å². The van der Waals surface area contributed by atoms with E-state index < -0.39 is 29.1 Å². The molecule has 0 aliphatic carbocycles. The van der Waals surface area contributed by atoms with Gasteiger partial charge in [-0.15, -0.1) is 0 Å². The van der Waals surface area contributed by atoms with Crippen LogP contribution in [0.4, 0.5) is 0 Å². The van der Waals surface area contributed by atoms with Crippen molar-refractivity contribution >= 4 is 37.8 Å². The summed E-state index contributed by atoms with van der Waals surface area (Å²) in [6.07, 6.45) is -2.68. The van der Waals surface area contributed by atoms with Crippen LogP contribution >= 0.6 is 31.9 Å². The second-order valence-electron chi connectivity index (χ2n) is 2.52. The number of alkyl halides is 2. The topological polar surface area (TPSA) is 66.8 Å². The highest BCUT2D eigenvalue weighted by Gasteiger charge is 2.45. The van der Waals surface area contributed by atoms with Crippen LogP contribution in [0, 0.1) is 0 Å². The lowest BCUT2D eigenvalue weighted by atomic mass is 10.1. The highest BCUT2D eigenvalue weighted by Crippen LogP contribution is 2.24. The molecule has 0 radical (unpaired) electrons. The third-order valence-electron chi connectivity index (χ3n) is 1.65. The zero-order chi connectivity index (χ0) is 9.30. The predicted molar refractivity (Wildman–Crippen MR) is 48.4 cm³/mol. The third kappa shape index (κ3) is 1.81. The molecule has 2 N–H and O–H groups in total. The first-order valence-electron chi connectivity index (χ1n) is 3.34. The number of rotatable bonds is 2. The van der Waals surface area contributed by atoms with Crippen LogP contribution in [0.5, 0.6) is 0 Å². The average Bonchev–Trinajstić information content (AvgIpc) is 2.32. The summed E-state index contributed by atoms with van der Waals surface area (Å²) >= 11 is 5.98. The van der Waals surface area contributed by atoms with E-state index in [0.29, 0.717) is 0 Å². The van der Waals surface area contributed by atoms with Gasteiger partial charge in [-0.1, -0.05) is 31.9 Å². The van der Waals surface area contributed by atoms with E-state index >= 15 is 0 Å². The monoisotopic (exact) mass is 302 g/mol. The number of aliphatic hydroxyl groups is 2. The number of aliphatic hydroxyl groups excluding tert-OH is 2. The minimum absolute atomic E-state index is 0.266. The summed E-state index contributed by atoms with van der Waals surface area (Å²) in [5.74, 6) is -0.535. The van der Waals surface area contributed by atoms with Crippen LogP contribution in [0.25, 0.3) is 0 Å². The van der Waals surface area contributed by atoms with Gasteiger partial charge in [-0.2, -0.15) is 0 Å². The van der Waals surface area contributed by atoms with Crippen molar-refractivity contribution in [1.29, 1.82) is 0 Å². The minimum atomic E-state index is -0.981. The van der Waals surface area contributed by atoms with Gasteiger partial charge in [0.2, 0.25) is 0 Å². The zero-order valence-electron chi connectivity index (χ0n) is 5.98. The molecule has 0 aromatic rings. The molecule has 0 aromatic carbocycles. The number of carbonyl (C=O) groups is 1. The van der Waals surface area contributed by atoms with Gasteiger partial charge in [-0.25, -0.2) is 0 Å². The van der Waals surface area contributed by atoms with Gasteiger partial charge in [-0.3, -0.25) is 4.79 Å². The molecule has 12 heavy (non-hydrogen) atoms. The lowest BCUT2D eigenvalue weighted by Crippen LogP contribution is -2.37. The summed E-state index contributed by atoms with van der Waals surface area (Å²) < 4.78 is 4.72. The molecule has 0 unspecified atom stereocenters. The first-order valence-corrected chi connectivity index (χ1v) is 5.38. The van der Waals surface area contributed by atoms with Crippen LogP contribution in [0.3, 0.4) is 0 Å². The Bertz CT molecular complexity index is 186. The number of ether oxygens (including phenoxy) is 1. The Hall–Kier alpha value is 0.350. The number of carbonyl (C=O) groups excluding carboxylic acids is 1. The number of esters is 1. The molecule has 0 spiro atoms. The maximum atomic E-state index is 10.9. The van der Waals surface area contributed by atoms with Gasteiger partial charge in [0.05, 0.1) is 0 Å². The summed E-state index contributed by atoms with van der Waals surface area (Å²) in [5.41, 5.74) is 0. The third-order valence-corrected chi connectivity index (χ3v) is 3.23. The molecule has 0 aromatic heterocycles. The SMILES string of the molecule is O=C1O[C@@H]([C@@H](O)CBr)[C@@H](O)[C@@H]1Br. The highest BCUT2D eigenvalue weighted by molar-refractivity contribution is 9.10. The molecule has 4 nitrogen and oxygen atoms in total. The second kappa shape index (κ2) is 4.04. The van der Waals surface area contributed by atoms with Crippen LogP contribution in [0.1, 0.15) is 0 Å². The van der Waals surface area contributed by atoms with E-state index in [1.165, 1.54) is 0 Å². The Morgan fingerprint density at radius 2 is 2.25 bits per heavy atom. The highest BCUT2D eigenvalue weighted by atomic mass is 79.9. The van der Waals surface area contributed by atoms with Crippen molar-refractivity contribution in [2.75, 3.05) is 5.33 Å². The molecule has 1 rings (SSSR count). The molecule has 0 amide bonds. The quantitative estimate of drug-likeness (QED) is 0.547. The summed E-state index contributed by atoms with van der Waals surface area (Å²) in [5, 5.41) is 18.9. The van der Waals surface area contributed by atoms with Crippen LogP contribution in [0.2, 0.25) is 0 Å². The smallest absolute Gasteiger partial charge is 0.323 e. The second-order valence-corrected chi connectivity index (χ2v) is 4.15. The van der Waals surface area contributed by atoms with Crippen LogP contribution < -0.4 is 0 Å². The number of hydrogen-bond acceptors (Lipinski definition) is 4. The van der Waals surface area contributed by atoms with Crippen molar-refractivity contribution < 1.29 is 19.7 Å². The number of cyclic esters (lactones) is 1. The Morgan fingerprint density at radius 1 is 1.67 bits per heavy atom. The van der Waals surface area contributed by atoms with Gasteiger partial charge >= 0.3 is 5.97 Å². The molecule has 1 saturated heterocycles. The maximum absolute atomic E-state index is 10.9. The molecule has 1 aliphatic heterocycles. The van der Waals surface area contributed by atoms with E-state index in [-0.39, 0.29) is 5.33 Å². The Kier molecular flexibility index (Phi) is 3.51. The molecule has 1 aliphatic rings. The van der Waals surface area contributed by atoms with E-state index in [2.05, 4.69) is 31.9 Å². The van der Waals surface area contributed by atoms with Crippen molar-refractivity contribution in [3.63, 3.8) is 0 Å². The van der Waals surface area contributed by atoms with Crippen LogP contribution in [-0.4, -0.2) is 44.7 Å². The number of halogens is 2. The van der Waals surface area contributed by atoms with Gasteiger partial charge in [0, 0.05) is 5.33 Å². The molecular weight excluding hydrogens is 296 g/mol. The van der Waals surface area contributed by atoms with Crippen molar-refractivity contribution in [1.82, 2.24) is 0 Å². The summed E-state index contributed by atoms with van der Waals surface area (Å²) in [7, 11) is 0. The first kappa shape index (κ1) is 10.4. The minimum Gasteiger partial charge on any atom is -0.456 e. The van der Waals surface area contributed by atoms with E-state index in [4.69, 9.17) is 4.74 Å². The van der Waals surface area contributed by atoms with Gasteiger partial charge in [0.15, 0.2) is 6.10 Å². The molecular formula is C6H8Br2O4. The Labute approximate surface area is 86.2 Å². The summed E-state index contributed by atoms with van der Waals surface area (Å²) in [6.45, 7) is 0. The van der Waals surface area contributed by atoms with E-state index in [0.717, 1.165) is 0 Å². The van der Waals surface area contributed by atoms with E-state index in [1.54, 1.807) is 0 Å². The molecule has 70 valence electrons. The molecule has 1 fully saturated rings. The maximum Gasteiger partial charge on any atom is 0.323 e. The zero-order valence-corrected chi connectivity index (χ0v) is 9.16. The van der Waals surface area contributed by atoms with Gasteiger partial charge in [-0.05, 0) is 0 Å². The Morgan fingerprint density at radius 3 is 2.58 bits per heavy atom. The standard InChI is InChI=1S/C6H8Br2O4/c7-1-2(9)5-4(10)3(8)6(11)12-5/h2-5,9-10H,1H2/t2-,3-,4-,5-/m0/s1. The fourth-order valence-corrected chi connectivity index (χ4v) is 1.75. The lowest BCUT2D eigenvalue weighted by Gasteiger charge is -2.17. The largest absolute Gasteiger partial charge is 0.456 e. The van der Waals surface area contributed by atoms with Gasteiger partial charge in [0.25, 0.3) is 0 Å². The predicted octanol–water partition coefficient (Wildman–Crippen LogP) is -0.208. The van der Waals surface area contributed by atoms with Gasteiger partial charge in [0.1, 0.15) is 17.0 Å². The van der Waals surface area contributed by atoms with Crippen molar-refractivity contribution in [3.05, 3.63) is 0 Å². The first-order chi connectivity index (χ1) is 5.57. The number of hydrogen-bond donors (Lipinski definition) is 2. The lowest BCUT2D eigenvalue weighted by molar-refractivity contribution is -0.145. The molecule has 4 atom stereocenters. The van der Waals surface area contributed by atoms with Crippen LogP contribution in [0.15, 0.2) is 0 Å². The average molecular weight is 304 g/mol. The summed E-state index contributed by atoms with van der Waals surface area (Å²) in [6, 6.07) is 0. The molecule has 0 bridgehead atoms. The molecule has 1 heterocycles. The van der Waals surface area contributed by atoms with Crippen molar-refractivity contribution in [3.8, 4) is 0 Å². The van der Waals surface area contributed by atoms with E-state index in [9.17, 15) is 15.0 Å². The van der Waals surface area contributed by atoms with Crippen LogP contribution in [-0.2, 0) is 9.53 Å².